The highest BCUT2D eigenvalue weighted by Crippen LogP contribution is 2.45. The fraction of sp³-hybridized carbons (Fsp3) is 0.650. The smallest absolute Gasteiger partial charge is 0.193 e. The van der Waals surface area contributed by atoms with Crippen LogP contribution < -0.4 is 10.1 Å². The maximum atomic E-state index is 5.80. The molecule has 6 heteroatoms. The molecule has 5 nitrogen and oxygen atoms in total. The monoisotopic (exact) mass is 473 g/mol. The zero-order valence-electron chi connectivity index (χ0n) is 16.0. The molecule has 0 radical (unpaired) electrons. The molecular weight excluding hydrogens is 441 g/mol. The molecule has 1 aliphatic heterocycles. The van der Waals surface area contributed by atoms with Gasteiger partial charge in [0, 0.05) is 32.2 Å². The molecule has 1 saturated heterocycles. The largest absolute Gasteiger partial charge is 0.496 e. The van der Waals surface area contributed by atoms with Gasteiger partial charge in [0.15, 0.2) is 5.96 Å². The van der Waals surface area contributed by atoms with Gasteiger partial charge in [-0.25, -0.2) is 0 Å². The fourth-order valence-electron chi connectivity index (χ4n) is 4.22. The van der Waals surface area contributed by atoms with Crippen LogP contribution in [0.2, 0.25) is 0 Å². The number of halogens is 1. The summed E-state index contributed by atoms with van der Waals surface area (Å²) in [6.45, 7) is 4.27. The Morgan fingerprint density at radius 3 is 2.73 bits per heavy atom. The molecule has 1 N–H and O–H groups in total. The van der Waals surface area contributed by atoms with E-state index < -0.39 is 0 Å². The fourth-order valence-corrected chi connectivity index (χ4v) is 4.22. The number of hydrogen-bond donors (Lipinski definition) is 1. The zero-order valence-corrected chi connectivity index (χ0v) is 18.3. The van der Waals surface area contributed by atoms with Gasteiger partial charge in [0.05, 0.1) is 20.3 Å². The van der Waals surface area contributed by atoms with Gasteiger partial charge in [-0.1, -0.05) is 31.0 Å². The number of aliphatic imine (C=N–C) groups is 1. The number of likely N-dealkylation sites (tertiary alicyclic amines) is 1. The third kappa shape index (κ3) is 5.25. The number of hydrogen-bond acceptors (Lipinski definition) is 3. The van der Waals surface area contributed by atoms with Gasteiger partial charge in [-0.3, -0.25) is 4.99 Å². The minimum absolute atomic E-state index is 0. The lowest BCUT2D eigenvalue weighted by Crippen LogP contribution is -2.42. The lowest BCUT2D eigenvalue weighted by molar-refractivity contribution is 0.123. The Hall–Kier alpha value is -1.02. The number of nitrogens with one attached hydrogen (secondary N) is 1. The van der Waals surface area contributed by atoms with Gasteiger partial charge in [-0.15, -0.1) is 24.0 Å². The Morgan fingerprint density at radius 2 is 2.00 bits per heavy atom. The Labute approximate surface area is 174 Å². The quantitative estimate of drug-likeness (QED) is 0.297. The average Bonchev–Trinajstić information content (AvgIpc) is 3.28. The molecule has 1 spiro atoms. The highest BCUT2D eigenvalue weighted by molar-refractivity contribution is 14.0. The summed E-state index contributed by atoms with van der Waals surface area (Å²) in [5, 5.41) is 3.45. The first-order chi connectivity index (χ1) is 12.3. The van der Waals surface area contributed by atoms with Gasteiger partial charge in [-0.2, -0.15) is 0 Å². The molecule has 0 unspecified atom stereocenters. The van der Waals surface area contributed by atoms with Crippen LogP contribution in [-0.4, -0.2) is 51.3 Å². The van der Waals surface area contributed by atoms with E-state index in [1.807, 2.05) is 31.3 Å². The van der Waals surface area contributed by atoms with E-state index >= 15 is 0 Å². The number of para-hydroxylation sites is 1. The molecule has 1 saturated carbocycles. The number of ether oxygens (including phenoxy) is 2. The van der Waals surface area contributed by atoms with Gasteiger partial charge < -0.3 is 19.7 Å². The molecule has 0 amide bonds. The molecule has 0 atom stereocenters. The summed E-state index contributed by atoms with van der Waals surface area (Å²) in [5.74, 6) is 1.90. The van der Waals surface area contributed by atoms with Crippen molar-refractivity contribution in [3.63, 3.8) is 0 Å². The van der Waals surface area contributed by atoms with Crippen LogP contribution >= 0.6 is 24.0 Å². The molecule has 26 heavy (non-hydrogen) atoms. The van der Waals surface area contributed by atoms with Crippen LogP contribution in [0.3, 0.4) is 0 Å². The molecule has 1 aromatic carbocycles. The Morgan fingerprint density at radius 1 is 1.23 bits per heavy atom. The van der Waals surface area contributed by atoms with Crippen LogP contribution in [0.15, 0.2) is 29.3 Å². The van der Waals surface area contributed by atoms with Gasteiger partial charge in [0.2, 0.25) is 0 Å². The molecule has 1 heterocycles. The van der Waals surface area contributed by atoms with E-state index in [2.05, 4.69) is 15.2 Å². The van der Waals surface area contributed by atoms with Crippen molar-refractivity contribution in [1.82, 2.24) is 10.2 Å². The SMILES string of the molecule is CN=C(NCCOCc1ccccc1OC)N1CCC2(CCCC2)C1.I. The third-order valence-corrected chi connectivity index (χ3v) is 5.59. The van der Waals surface area contributed by atoms with Crippen molar-refractivity contribution in [1.29, 1.82) is 0 Å². The first-order valence-corrected chi connectivity index (χ1v) is 9.42. The number of methoxy groups -OCH3 is 1. The third-order valence-electron chi connectivity index (χ3n) is 5.59. The molecule has 1 aliphatic carbocycles. The zero-order chi connectivity index (χ0) is 17.5. The second-order valence-electron chi connectivity index (χ2n) is 7.22. The van der Waals surface area contributed by atoms with Crippen LogP contribution in [0.25, 0.3) is 0 Å². The highest BCUT2D eigenvalue weighted by atomic mass is 127. The lowest BCUT2D eigenvalue weighted by Gasteiger charge is -2.25. The van der Waals surface area contributed by atoms with Crippen molar-refractivity contribution < 1.29 is 9.47 Å². The Balaban J connectivity index is 0.00000243. The average molecular weight is 473 g/mol. The Bertz CT molecular complexity index is 588. The van der Waals surface area contributed by atoms with Crippen LogP contribution in [0.4, 0.5) is 0 Å². The molecule has 3 rings (SSSR count). The van der Waals surface area contributed by atoms with E-state index in [0.717, 1.165) is 36.9 Å². The van der Waals surface area contributed by atoms with E-state index in [1.165, 1.54) is 32.1 Å². The first kappa shape index (κ1) is 21.3. The van der Waals surface area contributed by atoms with Crippen LogP contribution in [0.5, 0.6) is 5.75 Å². The van der Waals surface area contributed by atoms with E-state index in [9.17, 15) is 0 Å². The summed E-state index contributed by atoms with van der Waals surface area (Å²) < 4.78 is 11.1. The molecule has 0 aromatic heterocycles. The number of rotatable bonds is 6. The Kier molecular flexibility index (Phi) is 8.47. The van der Waals surface area contributed by atoms with Gasteiger partial charge in [0.25, 0.3) is 0 Å². The summed E-state index contributed by atoms with van der Waals surface area (Å²) in [6.07, 6.45) is 6.90. The van der Waals surface area contributed by atoms with Crippen LogP contribution in [-0.2, 0) is 11.3 Å². The van der Waals surface area contributed by atoms with Crippen molar-refractivity contribution in [2.45, 2.75) is 38.7 Å². The highest BCUT2D eigenvalue weighted by Gasteiger charge is 2.40. The first-order valence-electron chi connectivity index (χ1n) is 9.42. The van der Waals surface area contributed by atoms with Gasteiger partial charge in [0.1, 0.15) is 5.75 Å². The maximum absolute atomic E-state index is 5.80. The maximum Gasteiger partial charge on any atom is 0.193 e. The summed E-state index contributed by atoms with van der Waals surface area (Å²) >= 11 is 0. The van der Waals surface area contributed by atoms with Crippen molar-refractivity contribution >= 4 is 29.9 Å². The second kappa shape index (κ2) is 10.3. The summed E-state index contributed by atoms with van der Waals surface area (Å²) in [6, 6.07) is 7.98. The minimum Gasteiger partial charge on any atom is -0.496 e. The molecule has 1 aromatic rings. The predicted molar refractivity (Wildman–Crippen MR) is 117 cm³/mol. The summed E-state index contributed by atoms with van der Waals surface area (Å²) in [7, 11) is 3.56. The van der Waals surface area contributed by atoms with E-state index in [-0.39, 0.29) is 24.0 Å². The molecular formula is C20H32IN3O2. The predicted octanol–water partition coefficient (Wildman–Crippen LogP) is 3.67. The van der Waals surface area contributed by atoms with E-state index in [0.29, 0.717) is 18.6 Å². The van der Waals surface area contributed by atoms with Crippen LogP contribution in [0, 0.1) is 5.41 Å². The van der Waals surface area contributed by atoms with E-state index in [4.69, 9.17) is 9.47 Å². The van der Waals surface area contributed by atoms with Gasteiger partial charge in [-0.05, 0) is 30.7 Å². The molecule has 0 bridgehead atoms. The lowest BCUT2D eigenvalue weighted by atomic mass is 9.86. The second-order valence-corrected chi connectivity index (χ2v) is 7.22. The number of nitrogens with zero attached hydrogens (tertiary/aromatic N) is 2. The number of benzene rings is 1. The van der Waals surface area contributed by atoms with Crippen molar-refractivity contribution in [3.05, 3.63) is 29.8 Å². The standard InChI is InChI=1S/C20H31N3O2.HI/c1-21-19(23-13-11-20(16-23)9-5-6-10-20)22-12-14-25-15-17-7-3-4-8-18(17)24-2;/h3-4,7-8H,5-6,9-16H2,1-2H3,(H,21,22);1H. The topological polar surface area (TPSA) is 46.1 Å². The normalized spacial score (nSPS) is 18.8. The van der Waals surface area contributed by atoms with Crippen molar-refractivity contribution in [2.75, 3.05) is 40.4 Å². The summed E-state index contributed by atoms with van der Waals surface area (Å²) in [4.78, 5) is 6.89. The van der Waals surface area contributed by atoms with E-state index in [1.54, 1.807) is 7.11 Å². The summed E-state index contributed by atoms with van der Waals surface area (Å²) in [5.41, 5.74) is 1.65. The number of guanidine groups is 1. The minimum atomic E-state index is 0. The molecule has 2 fully saturated rings. The molecule has 2 aliphatic rings. The van der Waals surface area contributed by atoms with Crippen molar-refractivity contribution in [3.8, 4) is 5.75 Å². The van der Waals surface area contributed by atoms with Crippen LogP contribution in [0.1, 0.15) is 37.7 Å². The molecule has 146 valence electrons. The van der Waals surface area contributed by atoms with Gasteiger partial charge >= 0.3 is 0 Å². The van der Waals surface area contributed by atoms with Crippen molar-refractivity contribution in [2.24, 2.45) is 10.4 Å².